The van der Waals surface area contributed by atoms with E-state index in [0.29, 0.717) is 12.1 Å². The van der Waals surface area contributed by atoms with Crippen molar-refractivity contribution in [1.29, 1.82) is 0 Å². The van der Waals surface area contributed by atoms with E-state index in [-0.39, 0.29) is 11.6 Å². The quantitative estimate of drug-likeness (QED) is 0.608. The van der Waals surface area contributed by atoms with Gasteiger partial charge in [0.05, 0.1) is 6.04 Å². The van der Waals surface area contributed by atoms with E-state index in [1.54, 1.807) is 18.2 Å². The van der Waals surface area contributed by atoms with Crippen molar-refractivity contribution >= 4 is 22.6 Å². The van der Waals surface area contributed by atoms with Crippen LogP contribution in [-0.4, -0.2) is 69.1 Å². The van der Waals surface area contributed by atoms with Gasteiger partial charge in [-0.25, -0.2) is 4.79 Å². The molecule has 7 heteroatoms. The van der Waals surface area contributed by atoms with Crippen LogP contribution in [-0.2, 0) is 6.42 Å². The summed E-state index contributed by atoms with van der Waals surface area (Å²) < 4.78 is 5.36. The Morgan fingerprint density at radius 3 is 2.64 bits per heavy atom. The third kappa shape index (κ3) is 4.38. The third-order valence-corrected chi connectivity index (χ3v) is 6.94. The molecule has 172 valence electrons. The summed E-state index contributed by atoms with van der Waals surface area (Å²) in [6.07, 6.45) is 1.04. The van der Waals surface area contributed by atoms with Crippen molar-refractivity contribution in [2.75, 3.05) is 58.3 Å². The summed E-state index contributed by atoms with van der Waals surface area (Å²) in [6.45, 7) is 5.33. The Labute approximate surface area is 193 Å². The van der Waals surface area contributed by atoms with E-state index in [2.05, 4.69) is 52.3 Å². The highest BCUT2D eigenvalue weighted by Crippen LogP contribution is 2.31. The molecule has 2 aliphatic rings. The van der Waals surface area contributed by atoms with E-state index in [0.717, 1.165) is 44.5 Å². The molecule has 3 aromatic rings. The minimum absolute atomic E-state index is 0.0430. The molecular formula is C26H30N4O3. The number of carbonyl (C=O) groups excluding carboxylic acids is 1. The van der Waals surface area contributed by atoms with Gasteiger partial charge in [0, 0.05) is 57.4 Å². The number of rotatable bonds is 5. The third-order valence-electron chi connectivity index (χ3n) is 6.94. The van der Waals surface area contributed by atoms with Crippen LogP contribution in [0.2, 0.25) is 0 Å². The van der Waals surface area contributed by atoms with E-state index >= 15 is 0 Å². The SMILES string of the molecule is CN1CCN(C(CNC(=O)c2cc3ccccc3oc2=O)c2ccc3c(c2)CCN3C)CC1. The van der Waals surface area contributed by atoms with Crippen LogP contribution in [0.1, 0.15) is 27.5 Å². The minimum atomic E-state index is -0.608. The summed E-state index contributed by atoms with van der Waals surface area (Å²) >= 11 is 0. The van der Waals surface area contributed by atoms with Gasteiger partial charge in [-0.2, -0.15) is 0 Å². The second-order valence-electron chi connectivity index (χ2n) is 9.11. The number of hydrogen-bond donors (Lipinski definition) is 1. The average Bonchev–Trinajstić information content (AvgIpc) is 3.20. The molecule has 33 heavy (non-hydrogen) atoms. The fraction of sp³-hybridized carbons (Fsp3) is 0.385. The van der Waals surface area contributed by atoms with Crippen LogP contribution in [0.25, 0.3) is 11.0 Å². The van der Waals surface area contributed by atoms with Crippen LogP contribution >= 0.6 is 0 Å². The van der Waals surface area contributed by atoms with Gasteiger partial charge in [0.15, 0.2) is 0 Å². The Hall–Kier alpha value is -3.16. The van der Waals surface area contributed by atoms with Gasteiger partial charge in [0.25, 0.3) is 5.91 Å². The van der Waals surface area contributed by atoms with Crippen molar-refractivity contribution in [1.82, 2.24) is 15.1 Å². The summed E-state index contributed by atoms with van der Waals surface area (Å²) in [5.41, 5.74) is 3.77. The number of anilines is 1. The maximum Gasteiger partial charge on any atom is 0.349 e. The molecule has 5 rings (SSSR count). The lowest BCUT2D eigenvalue weighted by Crippen LogP contribution is -2.48. The molecule has 1 aromatic heterocycles. The molecule has 2 aromatic carbocycles. The number of para-hydroxylation sites is 1. The molecule has 0 bridgehead atoms. The first-order chi connectivity index (χ1) is 16.0. The lowest BCUT2D eigenvalue weighted by atomic mass is 10.00. The number of piperazine rings is 1. The summed E-state index contributed by atoms with van der Waals surface area (Å²) in [6, 6.07) is 15.6. The van der Waals surface area contributed by atoms with Gasteiger partial charge >= 0.3 is 5.63 Å². The van der Waals surface area contributed by atoms with E-state index in [1.165, 1.54) is 16.8 Å². The average molecular weight is 447 g/mol. The molecular weight excluding hydrogens is 416 g/mol. The van der Waals surface area contributed by atoms with E-state index < -0.39 is 11.5 Å². The number of amides is 1. The largest absolute Gasteiger partial charge is 0.422 e. The number of benzene rings is 2. The zero-order valence-electron chi connectivity index (χ0n) is 19.2. The maximum atomic E-state index is 13.0. The van der Waals surface area contributed by atoms with Crippen LogP contribution in [0.4, 0.5) is 5.69 Å². The molecule has 2 aliphatic heterocycles. The summed E-state index contributed by atoms with van der Waals surface area (Å²) in [5.74, 6) is -0.394. The topological polar surface area (TPSA) is 69.0 Å². The molecule has 1 N–H and O–H groups in total. The summed E-state index contributed by atoms with van der Waals surface area (Å²) in [5, 5.41) is 3.76. The number of fused-ring (bicyclic) bond motifs is 2. The van der Waals surface area contributed by atoms with Crippen molar-refractivity contribution in [3.05, 3.63) is 75.6 Å². The first-order valence-corrected chi connectivity index (χ1v) is 11.6. The maximum absolute atomic E-state index is 13.0. The zero-order valence-corrected chi connectivity index (χ0v) is 19.2. The molecule has 1 fully saturated rings. The van der Waals surface area contributed by atoms with Crippen molar-refractivity contribution in [2.24, 2.45) is 0 Å². The smallest absolute Gasteiger partial charge is 0.349 e. The molecule has 7 nitrogen and oxygen atoms in total. The first-order valence-electron chi connectivity index (χ1n) is 11.6. The molecule has 0 radical (unpaired) electrons. The van der Waals surface area contributed by atoms with E-state index in [9.17, 15) is 9.59 Å². The molecule has 0 spiro atoms. The molecule has 1 amide bonds. The second-order valence-corrected chi connectivity index (χ2v) is 9.11. The zero-order chi connectivity index (χ0) is 22.9. The lowest BCUT2D eigenvalue weighted by molar-refractivity contribution is 0.0883. The van der Waals surface area contributed by atoms with Crippen LogP contribution in [0.3, 0.4) is 0 Å². The predicted molar refractivity (Wildman–Crippen MR) is 130 cm³/mol. The molecule has 1 unspecified atom stereocenters. The number of carbonyl (C=O) groups is 1. The minimum Gasteiger partial charge on any atom is -0.422 e. The standard InChI is InChI=1S/C26H30N4O3/c1-28-11-13-30(14-12-28)23(18-7-8-22-19(15-18)9-10-29(22)2)17-27-25(31)21-16-20-5-3-4-6-24(20)33-26(21)32/h3-8,15-16,23H,9-14,17H2,1-2H3,(H,27,31). The Morgan fingerprint density at radius 1 is 1.03 bits per heavy atom. The molecule has 0 saturated carbocycles. The fourth-order valence-electron chi connectivity index (χ4n) is 4.89. The van der Waals surface area contributed by atoms with Crippen molar-refractivity contribution < 1.29 is 9.21 Å². The predicted octanol–water partition coefficient (Wildman–Crippen LogP) is 2.50. The Morgan fingerprint density at radius 2 is 1.82 bits per heavy atom. The Bertz CT molecular complexity index is 1230. The van der Waals surface area contributed by atoms with Crippen LogP contribution in [0, 0.1) is 0 Å². The highest BCUT2D eigenvalue weighted by atomic mass is 16.4. The Balaban J connectivity index is 1.39. The first kappa shape index (κ1) is 21.7. The highest BCUT2D eigenvalue weighted by Gasteiger charge is 2.27. The van der Waals surface area contributed by atoms with Crippen molar-refractivity contribution in [3.63, 3.8) is 0 Å². The van der Waals surface area contributed by atoms with Gasteiger partial charge in [0.1, 0.15) is 11.1 Å². The number of likely N-dealkylation sites (N-methyl/N-ethyl adjacent to an activating group) is 2. The van der Waals surface area contributed by atoms with E-state index in [1.807, 2.05) is 12.1 Å². The lowest BCUT2D eigenvalue weighted by Gasteiger charge is -2.38. The molecule has 3 heterocycles. The normalized spacial score (nSPS) is 17.8. The Kier molecular flexibility index (Phi) is 5.91. The fourth-order valence-corrected chi connectivity index (χ4v) is 4.89. The van der Waals surface area contributed by atoms with Crippen LogP contribution < -0.4 is 15.8 Å². The summed E-state index contributed by atoms with van der Waals surface area (Å²) in [4.78, 5) is 32.5. The van der Waals surface area contributed by atoms with E-state index in [4.69, 9.17) is 4.42 Å². The second kappa shape index (κ2) is 9.00. The van der Waals surface area contributed by atoms with Crippen LogP contribution in [0.15, 0.2) is 57.7 Å². The number of nitrogens with zero attached hydrogens (tertiary/aromatic N) is 3. The van der Waals surface area contributed by atoms with Gasteiger partial charge in [0.2, 0.25) is 0 Å². The highest BCUT2D eigenvalue weighted by molar-refractivity contribution is 5.96. The molecule has 1 saturated heterocycles. The number of hydrogen-bond acceptors (Lipinski definition) is 6. The molecule has 1 atom stereocenters. The molecule has 0 aliphatic carbocycles. The van der Waals surface area contributed by atoms with Gasteiger partial charge in [-0.05, 0) is 42.8 Å². The summed E-state index contributed by atoms with van der Waals surface area (Å²) in [7, 11) is 4.26. The van der Waals surface area contributed by atoms with Crippen LogP contribution in [0.5, 0.6) is 0 Å². The van der Waals surface area contributed by atoms with Gasteiger partial charge in [-0.1, -0.05) is 30.3 Å². The number of nitrogens with one attached hydrogen (secondary N) is 1. The van der Waals surface area contributed by atoms with Crippen molar-refractivity contribution in [3.8, 4) is 0 Å². The monoisotopic (exact) mass is 446 g/mol. The van der Waals surface area contributed by atoms with Crippen molar-refractivity contribution in [2.45, 2.75) is 12.5 Å². The van der Waals surface area contributed by atoms with Gasteiger partial charge < -0.3 is 19.5 Å². The van der Waals surface area contributed by atoms with Gasteiger partial charge in [-0.15, -0.1) is 0 Å². The van der Waals surface area contributed by atoms with Gasteiger partial charge in [-0.3, -0.25) is 9.69 Å².